The van der Waals surface area contributed by atoms with Gasteiger partial charge in [0.1, 0.15) is 41.8 Å². The number of alkyl halides is 5. The number of hydrogen-bond acceptors (Lipinski definition) is 11. The van der Waals surface area contributed by atoms with Gasteiger partial charge in [-0.05, 0) is 106 Å². The number of aryl methyl sites for hydroxylation is 1. The van der Waals surface area contributed by atoms with Crippen LogP contribution in [0.2, 0.25) is 5.02 Å². The molecule has 3 N–H and O–H groups in total. The van der Waals surface area contributed by atoms with Crippen LogP contribution in [0.25, 0.3) is 0 Å². The summed E-state index contributed by atoms with van der Waals surface area (Å²) >= 11 is 6.09. The van der Waals surface area contributed by atoms with Crippen LogP contribution < -0.4 is 16.0 Å². The van der Waals surface area contributed by atoms with E-state index in [0.717, 1.165) is 77.8 Å². The molecule has 1 spiro atoms. The van der Waals surface area contributed by atoms with Crippen molar-refractivity contribution in [2.75, 3.05) is 75.5 Å². The van der Waals surface area contributed by atoms with Crippen LogP contribution in [-0.4, -0.2) is 233 Å². The first-order valence-electron chi connectivity index (χ1n) is 34.2. The van der Waals surface area contributed by atoms with E-state index in [4.69, 9.17) is 11.6 Å². The Morgan fingerprint density at radius 3 is 1.82 bits per heavy atom. The van der Waals surface area contributed by atoms with Crippen molar-refractivity contribution < 1.29 is 74.7 Å². The molecule has 11 amide bonds. The largest absolute Gasteiger partial charge is 0.417 e. The number of carbonyl (C=O) groups is 11. The van der Waals surface area contributed by atoms with Crippen LogP contribution in [0.4, 0.5) is 22.0 Å². The first-order valence-corrected chi connectivity index (χ1v) is 34.5. The molecule has 5 fully saturated rings. The first-order chi connectivity index (χ1) is 44.9. The molecule has 28 heteroatoms. The zero-order valence-electron chi connectivity index (χ0n) is 58.1. The van der Waals surface area contributed by atoms with Crippen molar-refractivity contribution >= 4 is 76.6 Å². The second kappa shape index (κ2) is 33.7. The smallest absolute Gasteiger partial charge is 0.343 e. The van der Waals surface area contributed by atoms with E-state index in [1.165, 1.54) is 68.9 Å². The van der Waals surface area contributed by atoms with Gasteiger partial charge in [-0.25, -0.2) is 8.78 Å². The van der Waals surface area contributed by atoms with Crippen molar-refractivity contribution in [1.82, 2.24) is 55.1 Å². The van der Waals surface area contributed by atoms with E-state index in [9.17, 15) is 51.5 Å². The van der Waals surface area contributed by atoms with Gasteiger partial charge in [0.25, 0.3) is 5.92 Å². The van der Waals surface area contributed by atoms with Gasteiger partial charge >= 0.3 is 6.18 Å². The van der Waals surface area contributed by atoms with Gasteiger partial charge in [0.05, 0.1) is 36.8 Å². The lowest BCUT2D eigenvalue weighted by molar-refractivity contribution is -0.153. The van der Waals surface area contributed by atoms with Gasteiger partial charge in [0.15, 0.2) is 0 Å². The average Bonchev–Trinajstić information content (AvgIpc) is 1.56. The van der Waals surface area contributed by atoms with Crippen molar-refractivity contribution in [2.24, 2.45) is 23.7 Å². The van der Waals surface area contributed by atoms with Gasteiger partial charge in [-0.3, -0.25) is 52.7 Å². The van der Waals surface area contributed by atoms with Gasteiger partial charge in [-0.2, -0.15) is 13.2 Å². The van der Waals surface area contributed by atoms with Crippen molar-refractivity contribution in [3.05, 3.63) is 34.3 Å². The molecule has 96 heavy (non-hydrogen) atoms. The minimum atomic E-state index is -4.82. The zero-order chi connectivity index (χ0) is 71.5. The van der Waals surface area contributed by atoms with Gasteiger partial charge in [-0.15, -0.1) is 0 Å². The highest BCUT2D eigenvalue weighted by Gasteiger charge is 2.55. The van der Waals surface area contributed by atoms with Crippen LogP contribution in [0, 0.1) is 23.7 Å². The molecule has 2 heterocycles. The molecule has 1 aromatic rings. The predicted molar refractivity (Wildman–Crippen MR) is 349 cm³/mol. The Bertz CT molecular complexity index is 2980. The number of halogens is 6. The highest BCUT2D eigenvalue weighted by molar-refractivity contribution is 6.31. The summed E-state index contributed by atoms with van der Waals surface area (Å²) in [6.45, 7) is 5.82. The Morgan fingerprint density at radius 2 is 1.23 bits per heavy atom. The molecule has 22 nitrogen and oxygen atoms in total. The van der Waals surface area contributed by atoms with Crippen LogP contribution in [0.15, 0.2) is 18.2 Å². The standard InChI is InChI=1S/C68H103ClF5N11O11/c1-13-42(4)57-63(94)80(8)38-55(88)78(6)39-56(89)82(10)50(30-27-44-21-15-14-16-22-44)62(93)79(7)37-53(86)75-49(29-26-45-25-28-47(48(69)35-45)68(72,73)74)61(92)85-40-67(70,71)36-52(85)60(91)77-66(31-19-20-32-66)65(96)84(12)58(46-23-17-18-24-46)64(95)81(9)43(5)34-54(87)83(11)51(33-41(2)3)59(90)76-57/h25,28,35,41-44,46,49-52,57-58H,13-24,26-27,29-34,36-40H2,1-12H3,(H,75,86)(H,76,90)(H,77,91)/t42-,43+,49-,50-,51-,52-,57-,58-/m0/s1. The summed E-state index contributed by atoms with van der Waals surface area (Å²) in [5.74, 6) is -12.7. The molecule has 2 saturated heterocycles. The lowest BCUT2D eigenvalue weighted by atomic mass is 9.85. The van der Waals surface area contributed by atoms with Gasteiger partial charge < -0.3 is 55.1 Å². The second-order valence-corrected chi connectivity index (χ2v) is 28.9. The van der Waals surface area contributed by atoms with Crippen LogP contribution in [0.3, 0.4) is 0 Å². The number of carbonyl (C=O) groups excluding carboxylic acids is 11. The van der Waals surface area contributed by atoms with E-state index in [0.29, 0.717) is 43.4 Å². The molecule has 6 rings (SSSR count). The molecule has 0 radical (unpaired) electrons. The van der Waals surface area contributed by atoms with Crippen molar-refractivity contribution in [1.29, 1.82) is 0 Å². The molecule has 0 unspecified atom stereocenters. The molecule has 3 saturated carbocycles. The molecule has 538 valence electrons. The average molecular weight is 1380 g/mol. The van der Waals surface area contributed by atoms with Crippen LogP contribution in [0.5, 0.6) is 0 Å². The van der Waals surface area contributed by atoms with E-state index in [1.807, 2.05) is 20.8 Å². The second-order valence-electron chi connectivity index (χ2n) is 28.5. The number of nitrogens with zero attached hydrogens (tertiary/aromatic N) is 8. The van der Waals surface area contributed by atoms with Crippen molar-refractivity contribution in [2.45, 2.75) is 229 Å². The molecule has 3 aliphatic carbocycles. The van der Waals surface area contributed by atoms with Crippen LogP contribution in [-0.2, 0) is 65.3 Å². The molecular weight excluding hydrogens is 1280 g/mol. The maximum atomic E-state index is 16.0. The lowest BCUT2D eigenvalue weighted by Crippen LogP contribution is -2.64. The Hall–Kier alpha value is -6.67. The predicted octanol–water partition coefficient (Wildman–Crippen LogP) is 6.68. The highest BCUT2D eigenvalue weighted by Crippen LogP contribution is 2.40. The van der Waals surface area contributed by atoms with Gasteiger partial charge in [0.2, 0.25) is 65.0 Å². The molecule has 8 atom stereocenters. The summed E-state index contributed by atoms with van der Waals surface area (Å²) in [4.78, 5) is 170. The monoisotopic (exact) mass is 1380 g/mol. The Balaban J connectivity index is 1.40. The normalized spacial score (nSPS) is 27.1. The highest BCUT2D eigenvalue weighted by atomic mass is 35.5. The summed E-state index contributed by atoms with van der Waals surface area (Å²) in [6.07, 6.45) is 2.47. The molecule has 2 aliphatic heterocycles. The third-order valence-electron chi connectivity index (χ3n) is 20.8. The Morgan fingerprint density at radius 1 is 0.635 bits per heavy atom. The number of rotatable bonds is 11. The van der Waals surface area contributed by atoms with Crippen molar-refractivity contribution in [3.63, 3.8) is 0 Å². The van der Waals surface area contributed by atoms with E-state index < -0.39 is 180 Å². The fourth-order valence-electron chi connectivity index (χ4n) is 14.4. The van der Waals surface area contributed by atoms with E-state index in [2.05, 4.69) is 16.0 Å². The van der Waals surface area contributed by atoms with Gasteiger partial charge in [0, 0.05) is 68.2 Å². The zero-order valence-corrected chi connectivity index (χ0v) is 58.9. The number of hydrogen-bond donors (Lipinski definition) is 3. The fourth-order valence-corrected chi connectivity index (χ4v) is 14.7. The summed E-state index contributed by atoms with van der Waals surface area (Å²) in [7, 11) is 9.82. The third-order valence-corrected chi connectivity index (χ3v) is 21.1. The third kappa shape index (κ3) is 19.8. The topological polar surface area (TPSA) is 250 Å². The van der Waals surface area contributed by atoms with Crippen LogP contribution in [0.1, 0.15) is 174 Å². The number of amides is 11. The number of likely N-dealkylation sites (N-methyl/N-ethyl adjacent to an activating group) is 7. The molecule has 1 aromatic carbocycles. The molecule has 0 aromatic heterocycles. The maximum absolute atomic E-state index is 16.0. The SMILES string of the molecule is CC[C@H](C)[C@@H]1NC(=O)[C@H](CC(C)C)N(C)C(=O)C[C@@H](C)N(C)C(=O)[C@H](C2CCCC2)N(C)C(=O)C2(CCCC2)NC(=O)[C@@H]2CC(F)(F)CN2C(=O)[C@H](CCc2ccc(C(F)(F)F)c(Cl)c2)NC(=O)CN(C)C(=O)[C@H](CCC2CCCCC2)N(C)C(=O)CN(C)C(=O)CN(C)C1=O. The summed E-state index contributed by atoms with van der Waals surface area (Å²) in [6, 6.07) is -6.23. The minimum absolute atomic E-state index is 0.0361. The molecular formula is C68H103ClF5N11O11. The maximum Gasteiger partial charge on any atom is 0.417 e. The first kappa shape index (κ1) is 78.3. The summed E-state index contributed by atoms with van der Waals surface area (Å²) in [5.41, 5.74) is -2.73. The molecule has 5 aliphatic rings. The van der Waals surface area contributed by atoms with Gasteiger partial charge in [-0.1, -0.05) is 110 Å². The number of nitrogens with one attached hydrogen (secondary N) is 3. The quantitative estimate of drug-likeness (QED) is 0.197. The molecule has 0 bridgehead atoms. The van der Waals surface area contributed by atoms with E-state index in [-0.39, 0.29) is 61.8 Å². The Labute approximate surface area is 567 Å². The number of fused-ring (bicyclic) bond motifs is 1. The van der Waals surface area contributed by atoms with Crippen LogP contribution >= 0.6 is 11.6 Å². The van der Waals surface area contributed by atoms with Crippen molar-refractivity contribution in [3.8, 4) is 0 Å². The fraction of sp³-hybridized carbons (Fsp3) is 0.750. The summed E-state index contributed by atoms with van der Waals surface area (Å²) in [5, 5.41) is 7.55. The van der Waals surface area contributed by atoms with E-state index in [1.54, 1.807) is 13.8 Å². The minimum Gasteiger partial charge on any atom is -0.343 e. The summed E-state index contributed by atoms with van der Waals surface area (Å²) < 4.78 is 73.5. The lowest BCUT2D eigenvalue weighted by Gasteiger charge is -2.41. The van der Waals surface area contributed by atoms with E-state index >= 15 is 23.2 Å². The Kier molecular flexibility index (Phi) is 27.5. The number of benzene rings is 1.